The van der Waals surface area contributed by atoms with Gasteiger partial charge in [-0.25, -0.2) is 4.79 Å². The minimum Gasteiger partial charge on any atom is -0.324 e. The molecule has 0 N–H and O–H groups in total. The van der Waals surface area contributed by atoms with Gasteiger partial charge in [-0.15, -0.1) is 0 Å². The highest BCUT2D eigenvalue weighted by Gasteiger charge is 2.39. The van der Waals surface area contributed by atoms with E-state index < -0.39 is 17.8 Å². The third-order valence-corrected chi connectivity index (χ3v) is 4.35. The van der Waals surface area contributed by atoms with Gasteiger partial charge in [-0.1, -0.05) is 38.0 Å². The SMILES string of the molecule is CCc1c(C(=O)ON2C(=O)c3ccccc3C2=O)cnn1CCC(C)C. The summed E-state index contributed by atoms with van der Waals surface area (Å²) in [5.74, 6) is -1.52. The molecule has 1 aromatic carbocycles. The van der Waals surface area contributed by atoms with Crippen molar-refractivity contribution in [2.75, 3.05) is 0 Å². The molecule has 0 unspecified atom stereocenters. The number of nitrogens with zero attached hydrogens (tertiary/aromatic N) is 3. The first-order valence-corrected chi connectivity index (χ1v) is 8.68. The van der Waals surface area contributed by atoms with Gasteiger partial charge in [0.1, 0.15) is 5.56 Å². The lowest BCUT2D eigenvalue weighted by Gasteiger charge is -2.13. The third-order valence-electron chi connectivity index (χ3n) is 4.35. The highest BCUT2D eigenvalue weighted by atomic mass is 16.7. The Morgan fingerprint density at radius 1 is 1.15 bits per heavy atom. The molecule has 26 heavy (non-hydrogen) atoms. The number of carbonyl (C=O) groups excluding carboxylic acids is 3. The van der Waals surface area contributed by atoms with Gasteiger partial charge < -0.3 is 4.84 Å². The fourth-order valence-electron chi connectivity index (χ4n) is 2.91. The first kappa shape index (κ1) is 17.8. The Bertz CT molecular complexity index is 834. The molecule has 0 radical (unpaired) electrons. The first-order chi connectivity index (χ1) is 12.4. The number of benzene rings is 1. The Labute approximate surface area is 151 Å². The van der Waals surface area contributed by atoms with Crippen LogP contribution in [0.15, 0.2) is 30.5 Å². The molecule has 0 spiro atoms. The van der Waals surface area contributed by atoms with E-state index in [0.29, 0.717) is 23.9 Å². The normalized spacial score (nSPS) is 13.5. The molecule has 0 aliphatic carbocycles. The van der Waals surface area contributed by atoms with Gasteiger partial charge in [0.2, 0.25) is 0 Å². The lowest BCUT2D eigenvalue weighted by atomic mass is 10.1. The van der Waals surface area contributed by atoms with Crippen molar-refractivity contribution in [1.29, 1.82) is 0 Å². The largest absolute Gasteiger partial charge is 0.367 e. The van der Waals surface area contributed by atoms with Crippen molar-refractivity contribution in [3.63, 3.8) is 0 Å². The van der Waals surface area contributed by atoms with Gasteiger partial charge in [0.25, 0.3) is 11.8 Å². The summed E-state index contributed by atoms with van der Waals surface area (Å²) in [6, 6.07) is 6.38. The second-order valence-electron chi connectivity index (χ2n) is 6.59. The average molecular weight is 355 g/mol. The Morgan fingerprint density at radius 3 is 2.31 bits per heavy atom. The quantitative estimate of drug-likeness (QED) is 0.744. The third kappa shape index (κ3) is 3.12. The number of hydrogen-bond donors (Lipinski definition) is 0. The molecule has 2 amide bonds. The zero-order chi connectivity index (χ0) is 18.8. The van der Waals surface area contributed by atoms with Gasteiger partial charge >= 0.3 is 5.97 Å². The van der Waals surface area contributed by atoms with E-state index in [4.69, 9.17) is 4.84 Å². The van der Waals surface area contributed by atoms with Crippen LogP contribution in [0.5, 0.6) is 0 Å². The molecular weight excluding hydrogens is 334 g/mol. The van der Waals surface area contributed by atoms with Crippen molar-refractivity contribution >= 4 is 17.8 Å². The van der Waals surface area contributed by atoms with Crippen molar-refractivity contribution in [3.8, 4) is 0 Å². The number of amides is 2. The number of aryl methyl sites for hydroxylation is 1. The van der Waals surface area contributed by atoms with E-state index in [1.54, 1.807) is 16.8 Å². The van der Waals surface area contributed by atoms with Crippen molar-refractivity contribution in [2.45, 2.75) is 40.2 Å². The number of carbonyl (C=O) groups is 3. The van der Waals surface area contributed by atoms with Crippen LogP contribution in [0, 0.1) is 5.92 Å². The molecule has 2 aromatic rings. The van der Waals surface area contributed by atoms with E-state index in [9.17, 15) is 14.4 Å². The van der Waals surface area contributed by atoms with Crippen molar-refractivity contribution < 1.29 is 19.2 Å². The molecule has 0 saturated heterocycles. The number of aromatic nitrogens is 2. The van der Waals surface area contributed by atoms with Gasteiger partial charge in [-0.3, -0.25) is 14.3 Å². The number of hydroxylamine groups is 2. The molecule has 0 atom stereocenters. The summed E-state index contributed by atoms with van der Waals surface area (Å²) in [7, 11) is 0. The number of imide groups is 1. The summed E-state index contributed by atoms with van der Waals surface area (Å²) in [6.45, 7) is 6.85. The van der Waals surface area contributed by atoms with E-state index in [1.807, 2.05) is 6.92 Å². The van der Waals surface area contributed by atoms with Crippen LogP contribution in [-0.2, 0) is 17.8 Å². The van der Waals surface area contributed by atoms with Crippen molar-refractivity contribution in [3.05, 3.63) is 52.8 Å². The summed E-state index contributed by atoms with van der Waals surface area (Å²) in [6.07, 6.45) is 2.95. The Morgan fingerprint density at radius 2 is 1.77 bits per heavy atom. The Kier molecular flexibility index (Phi) is 4.88. The van der Waals surface area contributed by atoms with E-state index in [2.05, 4.69) is 18.9 Å². The average Bonchev–Trinajstić information content (AvgIpc) is 3.15. The summed E-state index contributed by atoms with van der Waals surface area (Å²) >= 11 is 0. The predicted molar refractivity (Wildman–Crippen MR) is 93.4 cm³/mol. The van der Waals surface area contributed by atoms with Crippen LogP contribution in [0.3, 0.4) is 0 Å². The molecular formula is C19H21N3O4. The van der Waals surface area contributed by atoms with Crippen molar-refractivity contribution in [1.82, 2.24) is 14.8 Å². The monoisotopic (exact) mass is 355 g/mol. The molecule has 1 aliphatic heterocycles. The second-order valence-corrected chi connectivity index (χ2v) is 6.59. The highest BCUT2D eigenvalue weighted by molar-refractivity contribution is 6.21. The zero-order valence-corrected chi connectivity index (χ0v) is 15.1. The lowest BCUT2D eigenvalue weighted by Crippen LogP contribution is -2.32. The Hall–Kier alpha value is -2.96. The van der Waals surface area contributed by atoms with E-state index in [1.165, 1.54) is 18.3 Å². The van der Waals surface area contributed by atoms with Crippen LogP contribution in [0.4, 0.5) is 0 Å². The second kappa shape index (κ2) is 7.11. The summed E-state index contributed by atoms with van der Waals surface area (Å²) in [4.78, 5) is 42.3. The summed E-state index contributed by atoms with van der Waals surface area (Å²) < 4.78 is 1.78. The predicted octanol–water partition coefficient (Wildman–Crippen LogP) is 2.86. The highest BCUT2D eigenvalue weighted by Crippen LogP contribution is 2.24. The lowest BCUT2D eigenvalue weighted by molar-refractivity contribution is -0.0585. The van der Waals surface area contributed by atoms with E-state index in [0.717, 1.165) is 12.1 Å². The maximum absolute atomic E-state index is 12.6. The van der Waals surface area contributed by atoms with Crippen LogP contribution in [0.25, 0.3) is 0 Å². The zero-order valence-electron chi connectivity index (χ0n) is 15.1. The molecule has 2 heterocycles. The van der Waals surface area contributed by atoms with Gasteiger partial charge in [-0.2, -0.15) is 5.10 Å². The number of hydrogen-bond acceptors (Lipinski definition) is 5. The topological polar surface area (TPSA) is 81.5 Å². The van der Waals surface area contributed by atoms with Gasteiger partial charge in [0.05, 0.1) is 23.0 Å². The van der Waals surface area contributed by atoms with Crippen LogP contribution in [0.2, 0.25) is 0 Å². The molecule has 1 aromatic heterocycles. The summed E-state index contributed by atoms with van der Waals surface area (Å²) in [5.41, 5.74) is 1.46. The van der Waals surface area contributed by atoms with Crippen molar-refractivity contribution in [2.24, 2.45) is 5.92 Å². The van der Waals surface area contributed by atoms with Crippen LogP contribution in [0.1, 0.15) is 64.0 Å². The molecule has 7 nitrogen and oxygen atoms in total. The smallest absolute Gasteiger partial charge is 0.324 e. The minimum atomic E-state index is -0.757. The van der Waals surface area contributed by atoms with Crippen LogP contribution in [-0.4, -0.2) is 32.6 Å². The molecule has 0 saturated carbocycles. The molecule has 3 rings (SSSR count). The van der Waals surface area contributed by atoms with Gasteiger partial charge in [-0.05, 0) is 30.9 Å². The van der Waals surface area contributed by atoms with Crippen LogP contribution < -0.4 is 0 Å². The fraction of sp³-hybridized carbons (Fsp3) is 0.368. The molecule has 136 valence electrons. The van der Waals surface area contributed by atoms with Gasteiger partial charge in [0.15, 0.2) is 0 Å². The summed E-state index contributed by atoms with van der Waals surface area (Å²) in [5, 5.41) is 4.79. The van der Waals surface area contributed by atoms with E-state index >= 15 is 0 Å². The Balaban J connectivity index is 1.79. The fourth-order valence-corrected chi connectivity index (χ4v) is 2.91. The molecule has 0 bridgehead atoms. The van der Waals surface area contributed by atoms with Gasteiger partial charge in [0, 0.05) is 6.54 Å². The maximum atomic E-state index is 12.6. The molecule has 1 aliphatic rings. The maximum Gasteiger partial charge on any atom is 0.367 e. The standard InChI is InChI=1S/C19H21N3O4/c1-4-16-15(11-20-21(16)10-9-12(2)3)19(25)26-22-17(23)13-7-5-6-8-14(13)18(22)24/h5-8,11-12H,4,9-10H2,1-3H3. The number of fused-ring (bicyclic) bond motifs is 1. The molecule has 0 fully saturated rings. The van der Waals surface area contributed by atoms with Crippen LogP contribution >= 0.6 is 0 Å². The minimum absolute atomic E-state index is 0.230. The number of rotatable bonds is 6. The molecule has 7 heteroatoms. The first-order valence-electron chi connectivity index (χ1n) is 8.68. The van der Waals surface area contributed by atoms with E-state index in [-0.39, 0.29) is 16.7 Å².